The molecule has 0 saturated carbocycles. The zero-order valence-corrected chi connectivity index (χ0v) is 10.3. The zero-order valence-electron chi connectivity index (χ0n) is 10.3. The van der Waals surface area contributed by atoms with Gasteiger partial charge in [-0.1, -0.05) is 24.3 Å². The van der Waals surface area contributed by atoms with E-state index in [2.05, 4.69) is 29.2 Å². The Bertz CT molecular complexity index is 341. The number of ether oxygens (including phenoxy) is 1. The van der Waals surface area contributed by atoms with Crippen molar-refractivity contribution in [2.24, 2.45) is 0 Å². The molecule has 0 atom stereocenters. The number of aliphatic hydroxyl groups excluding tert-OH is 1. The monoisotopic (exact) mass is 235 g/mol. The fourth-order valence-corrected chi connectivity index (χ4v) is 2.32. The fraction of sp³-hybridized carbons (Fsp3) is 0.571. The average Bonchev–Trinajstić information content (AvgIpc) is 2.56. The van der Waals surface area contributed by atoms with Gasteiger partial charge in [-0.15, -0.1) is 0 Å². The van der Waals surface area contributed by atoms with Crippen LogP contribution >= 0.6 is 0 Å². The fourth-order valence-electron chi connectivity index (χ4n) is 2.32. The van der Waals surface area contributed by atoms with Crippen LogP contribution in [0.5, 0.6) is 0 Å². The highest BCUT2D eigenvalue weighted by Gasteiger charge is 2.13. The summed E-state index contributed by atoms with van der Waals surface area (Å²) in [6, 6.07) is 8.70. The number of fused-ring (bicyclic) bond motifs is 1. The molecule has 1 aromatic rings. The molecule has 0 aromatic heterocycles. The van der Waals surface area contributed by atoms with Crippen LogP contribution in [0, 0.1) is 0 Å². The van der Waals surface area contributed by atoms with Crippen LogP contribution in [-0.4, -0.2) is 42.9 Å². The molecule has 0 saturated heterocycles. The average molecular weight is 235 g/mol. The molecule has 3 nitrogen and oxygen atoms in total. The Morgan fingerprint density at radius 2 is 2.00 bits per heavy atom. The highest BCUT2D eigenvalue weighted by molar-refractivity contribution is 5.27. The standard InChI is InChI=1S/C14H21NO2/c16-9-11-17-10-8-15-7-3-6-13-4-1-2-5-14(13)12-15/h1-2,4-5,16H,3,6-12H2. The summed E-state index contributed by atoms with van der Waals surface area (Å²) in [5.41, 5.74) is 2.94. The van der Waals surface area contributed by atoms with Crippen LogP contribution in [0.3, 0.4) is 0 Å². The number of aryl methyl sites for hydroxylation is 1. The van der Waals surface area contributed by atoms with Crippen molar-refractivity contribution in [1.29, 1.82) is 0 Å². The smallest absolute Gasteiger partial charge is 0.0698 e. The summed E-state index contributed by atoms with van der Waals surface area (Å²) < 4.78 is 5.32. The third-order valence-corrected chi connectivity index (χ3v) is 3.22. The van der Waals surface area contributed by atoms with Gasteiger partial charge in [-0.3, -0.25) is 4.90 Å². The summed E-state index contributed by atoms with van der Waals surface area (Å²) in [5, 5.41) is 8.64. The van der Waals surface area contributed by atoms with Crippen molar-refractivity contribution in [2.75, 3.05) is 32.9 Å². The lowest BCUT2D eigenvalue weighted by Crippen LogP contribution is -2.27. The number of nitrogens with zero attached hydrogens (tertiary/aromatic N) is 1. The van der Waals surface area contributed by atoms with E-state index in [0.29, 0.717) is 13.2 Å². The minimum Gasteiger partial charge on any atom is -0.394 e. The number of hydrogen-bond acceptors (Lipinski definition) is 3. The van der Waals surface area contributed by atoms with Crippen molar-refractivity contribution in [3.05, 3.63) is 35.4 Å². The van der Waals surface area contributed by atoms with E-state index in [1.807, 2.05) is 0 Å². The van der Waals surface area contributed by atoms with Gasteiger partial charge in [-0.05, 0) is 30.5 Å². The topological polar surface area (TPSA) is 32.7 Å². The predicted molar refractivity (Wildman–Crippen MR) is 67.9 cm³/mol. The SMILES string of the molecule is OCCOCCN1CCCc2ccccc2C1. The van der Waals surface area contributed by atoms with Gasteiger partial charge in [0.2, 0.25) is 0 Å². The summed E-state index contributed by atoms with van der Waals surface area (Å²) in [4.78, 5) is 2.43. The van der Waals surface area contributed by atoms with Crippen LogP contribution in [0.4, 0.5) is 0 Å². The largest absolute Gasteiger partial charge is 0.394 e. The molecule has 0 aliphatic carbocycles. The molecular formula is C14H21NO2. The molecule has 1 aliphatic rings. The molecule has 0 radical (unpaired) electrons. The Morgan fingerprint density at radius 3 is 2.82 bits per heavy atom. The van der Waals surface area contributed by atoms with Crippen molar-refractivity contribution in [3.63, 3.8) is 0 Å². The highest BCUT2D eigenvalue weighted by atomic mass is 16.5. The lowest BCUT2D eigenvalue weighted by molar-refractivity contribution is 0.0724. The molecule has 94 valence electrons. The highest BCUT2D eigenvalue weighted by Crippen LogP contribution is 2.17. The molecule has 0 unspecified atom stereocenters. The normalized spacial score (nSPS) is 16.5. The van der Waals surface area contributed by atoms with Gasteiger partial charge in [-0.2, -0.15) is 0 Å². The van der Waals surface area contributed by atoms with E-state index in [9.17, 15) is 0 Å². The maximum absolute atomic E-state index is 8.64. The van der Waals surface area contributed by atoms with Gasteiger partial charge in [0.05, 0.1) is 19.8 Å². The van der Waals surface area contributed by atoms with Gasteiger partial charge in [0.1, 0.15) is 0 Å². The van der Waals surface area contributed by atoms with Crippen molar-refractivity contribution in [3.8, 4) is 0 Å². The Hall–Kier alpha value is -0.900. The number of rotatable bonds is 5. The van der Waals surface area contributed by atoms with E-state index >= 15 is 0 Å². The van der Waals surface area contributed by atoms with Gasteiger partial charge in [0, 0.05) is 13.1 Å². The Kier molecular flexibility index (Phi) is 4.98. The molecule has 0 bridgehead atoms. The van der Waals surface area contributed by atoms with Crippen LogP contribution in [0.2, 0.25) is 0 Å². The number of benzene rings is 1. The first-order valence-corrected chi connectivity index (χ1v) is 6.38. The molecule has 17 heavy (non-hydrogen) atoms. The van der Waals surface area contributed by atoms with Crippen molar-refractivity contribution in [1.82, 2.24) is 4.90 Å². The van der Waals surface area contributed by atoms with Gasteiger partial charge in [0.15, 0.2) is 0 Å². The van der Waals surface area contributed by atoms with E-state index in [0.717, 1.165) is 19.6 Å². The third-order valence-electron chi connectivity index (χ3n) is 3.22. The quantitative estimate of drug-likeness (QED) is 0.784. The molecule has 3 heteroatoms. The number of hydrogen-bond donors (Lipinski definition) is 1. The molecule has 0 spiro atoms. The zero-order chi connectivity index (χ0) is 11.9. The van der Waals surface area contributed by atoms with Crippen molar-refractivity contribution in [2.45, 2.75) is 19.4 Å². The minimum atomic E-state index is 0.114. The van der Waals surface area contributed by atoms with Crippen molar-refractivity contribution >= 4 is 0 Å². The summed E-state index contributed by atoms with van der Waals surface area (Å²) >= 11 is 0. The second-order valence-electron chi connectivity index (χ2n) is 4.48. The lowest BCUT2D eigenvalue weighted by Gasteiger charge is -2.20. The molecule has 1 aromatic carbocycles. The summed E-state index contributed by atoms with van der Waals surface area (Å²) in [5.74, 6) is 0. The maximum atomic E-state index is 8.64. The van der Waals surface area contributed by atoms with Crippen LogP contribution in [0.25, 0.3) is 0 Å². The second-order valence-corrected chi connectivity index (χ2v) is 4.48. The summed E-state index contributed by atoms with van der Waals surface area (Å²) in [6.45, 7) is 4.39. The van der Waals surface area contributed by atoms with E-state index < -0.39 is 0 Å². The van der Waals surface area contributed by atoms with Crippen LogP contribution in [-0.2, 0) is 17.7 Å². The Balaban J connectivity index is 1.85. The number of aliphatic hydroxyl groups is 1. The summed E-state index contributed by atoms with van der Waals surface area (Å²) in [6.07, 6.45) is 2.40. The van der Waals surface area contributed by atoms with Crippen LogP contribution < -0.4 is 0 Å². The van der Waals surface area contributed by atoms with Crippen LogP contribution in [0.1, 0.15) is 17.5 Å². The molecule has 1 aliphatic heterocycles. The summed E-state index contributed by atoms with van der Waals surface area (Å²) in [7, 11) is 0. The minimum absolute atomic E-state index is 0.114. The first-order valence-electron chi connectivity index (χ1n) is 6.38. The molecule has 2 rings (SSSR count). The van der Waals surface area contributed by atoms with Gasteiger partial charge in [0.25, 0.3) is 0 Å². The Morgan fingerprint density at radius 1 is 1.18 bits per heavy atom. The predicted octanol–water partition coefficient (Wildman–Crippen LogP) is 1.44. The first-order chi connectivity index (χ1) is 8.40. The molecule has 1 heterocycles. The maximum Gasteiger partial charge on any atom is 0.0698 e. The Labute approximate surface area is 103 Å². The molecular weight excluding hydrogens is 214 g/mol. The van der Waals surface area contributed by atoms with Gasteiger partial charge < -0.3 is 9.84 Å². The van der Waals surface area contributed by atoms with E-state index in [1.165, 1.54) is 24.0 Å². The van der Waals surface area contributed by atoms with Gasteiger partial charge in [-0.25, -0.2) is 0 Å². The van der Waals surface area contributed by atoms with E-state index in [1.54, 1.807) is 0 Å². The van der Waals surface area contributed by atoms with Crippen LogP contribution in [0.15, 0.2) is 24.3 Å². The molecule has 1 N–H and O–H groups in total. The van der Waals surface area contributed by atoms with E-state index in [4.69, 9.17) is 9.84 Å². The molecule has 0 fully saturated rings. The second kappa shape index (κ2) is 6.74. The molecule has 0 amide bonds. The lowest BCUT2D eigenvalue weighted by atomic mass is 10.0. The van der Waals surface area contributed by atoms with Gasteiger partial charge >= 0.3 is 0 Å². The first kappa shape index (κ1) is 12.6. The van der Waals surface area contributed by atoms with Crippen molar-refractivity contribution < 1.29 is 9.84 Å². The third kappa shape index (κ3) is 3.80. The van der Waals surface area contributed by atoms with E-state index in [-0.39, 0.29) is 6.61 Å².